The highest BCUT2D eigenvalue weighted by Gasteiger charge is 2.33. The summed E-state index contributed by atoms with van der Waals surface area (Å²) in [6.45, 7) is 3.83. The Morgan fingerprint density at radius 3 is 2.46 bits per heavy atom. The average molecular weight is 374 g/mol. The average Bonchev–Trinajstić information content (AvgIpc) is 3.46. The zero-order chi connectivity index (χ0) is 18.7. The number of hydrogen-bond acceptors (Lipinski definition) is 3. The van der Waals surface area contributed by atoms with Gasteiger partial charge in [-0.05, 0) is 50.3 Å². The number of methoxy groups -OCH3 is 1. The molecule has 1 saturated carbocycles. The SMILES string of the molecule is COc1cc(C(=O)NC(c2ccccc2)C2CC2)cc(Cl)c1OC(C)C. The minimum atomic E-state index is -0.165. The molecule has 5 heteroatoms. The Kier molecular flexibility index (Phi) is 5.72. The van der Waals surface area contributed by atoms with Crippen LogP contribution in [0.2, 0.25) is 5.02 Å². The molecule has 2 aromatic carbocycles. The first kappa shape index (κ1) is 18.6. The minimum Gasteiger partial charge on any atom is -0.493 e. The summed E-state index contributed by atoms with van der Waals surface area (Å²) in [7, 11) is 1.54. The third-order valence-corrected chi connectivity index (χ3v) is 4.66. The Hall–Kier alpha value is -2.20. The van der Waals surface area contributed by atoms with Gasteiger partial charge in [0.25, 0.3) is 5.91 Å². The van der Waals surface area contributed by atoms with Gasteiger partial charge in [-0.25, -0.2) is 0 Å². The largest absolute Gasteiger partial charge is 0.493 e. The number of rotatable bonds is 7. The second-order valence-corrected chi connectivity index (χ2v) is 7.26. The molecule has 4 nitrogen and oxygen atoms in total. The van der Waals surface area contributed by atoms with E-state index in [4.69, 9.17) is 21.1 Å². The summed E-state index contributed by atoms with van der Waals surface area (Å²) in [6.07, 6.45) is 2.22. The zero-order valence-electron chi connectivity index (χ0n) is 15.3. The Labute approximate surface area is 159 Å². The lowest BCUT2D eigenvalue weighted by Crippen LogP contribution is -2.30. The molecule has 138 valence electrons. The standard InChI is InChI=1S/C21H24ClNO3/c1-13(2)26-20-17(22)11-16(12-18(20)25-3)21(24)23-19(15-9-10-15)14-7-5-4-6-8-14/h4-8,11-13,15,19H,9-10H2,1-3H3,(H,23,24). The number of nitrogens with one attached hydrogen (secondary N) is 1. The van der Waals surface area contributed by atoms with E-state index in [0.29, 0.717) is 28.0 Å². The van der Waals surface area contributed by atoms with Crippen LogP contribution in [0.15, 0.2) is 42.5 Å². The van der Waals surface area contributed by atoms with E-state index in [2.05, 4.69) is 17.4 Å². The molecule has 1 aliphatic rings. The van der Waals surface area contributed by atoms with E-state index in [1.807, 2.05) is 32.0 Å². The van der Waals surface area contributed by atoms with Gasteiger partial charge in [0.1, 0.15) is 0 Å². The monoisotopic (exact) mass is 373 g/mol. The highest BCUT2D eigenvalue weighted by atomic mass is 35.5. The lowest BCUT2D eigenvalue weighted by atomic mass is 10.0. The van der Waals surface area contributed by atoms with Crippen LogP contribution in [0.4, 0.5) is 0 Å². The maximum absolute atomic E-state index is 12.8. The van der Waals surface area contributed by atoms with Crippen LogP contribution in [-0.4, -0.2) is 19.1 Å². The van der Waals surface area contributed by atoms with Gasteiger partial charge in [0.05, 0.1) is 24.3 Å². The van der Waals surface area contributed by atoms with Gasteiger partial charge in [-0.1, -0.05) is 41.9 Å². The maximum Gasteiger partial charge on any atom is 0.251 e. The number of amides is 1. The third-order valence-electron chi connectivity index (χ3n) is 4.38. The predicted molar refractivity (Wildman–Crippen MR) is 103 cm³/mol. The number of halogens is 1. The normalized spacial score (nSPS) is 14.8. The molecule has 1 N–H and O–H groups in total. The van der Waals surface area contributed by atoms with Gasteiger partial charge in [-0.2, -0.15) is 0 Å². The van der Waals surface area contributed by atoms with E-state index >= 15 is 0 Å². The van der Waals surface area contributed by atoms with Crippen LogP contribution in [0.5, 0.6) is 11.5 Å². The second kappa shape index (κ2) is 8.00. The van der Waals surface area contributed by atoms with Crippen LogP contribution in [0.1, 0.15) is 48.7 Å². The third kappa shape index (κ3) is 4.31. The summed E-state index contributed by atoms with van der Waals surface area (Å²) in [4.78, 5) is 12.8. The fourth-order valence-corrected chi connectivity index (χ4v) is 3.24. The fraction of sp³-hybridized carbons (Fsp3) is 0.381. The molecule has 0 aliphatic heterocycles. The molecule has 3 rings (SSSR count). The molecular formula is C21H24ClNO3. The van der Waals surface area contributed by atoms with Crippen LogP contribution in [-0.2, 0) is 0 Å². The number of carbonyl (C=O) groups is 1. The van der Waals surface area contributed by atoms with Crippen LogP contribution in [0.3, 0.4) is 0 Å². The summed E-state index contributed by atoms with van der Waals surface area (Å²) >= 11 is 6.34. The summed E-state index contributed by atoms with van der Waals surface area (Å²) in [6, 6.07) is 13.4. The van der Waals surface area contributed by atoms with Crippen molar-refractivity contribution in [2.45, 2.75) is 38.8 Å². The van der Waals surface area contributed by atoms with Crippen LogP contribution >= 0.6 is 11.6 Å². The van der Waals surface area contributed by atoms with E-state index in [0.717, 1.165) is 18.4 Å². The van der Waals surface area contributed by atoms with E-state index < -0.39 is 0 Å². The van der Waals surface area contributed by atoms with Gasteiger partial charge in [0.2, 0.25) is 0 Å². The molecule has 0 aromatic heterocycles. The van der Waals surface area contributed by atoms with Crippen LogP contribution < -0.4 is 14.8 Å². The molecule has 0 spiro atoms. The van der Waals surface area contributed by atoms with E-state index in [9.17, 15) is 4.79 Å². The Bertz CT molecular complexity index is 772. The molecule has 1 fully saturated rings. The zero-order valence-corrected chi connectivity index (χ0v) is 16.0. The van der Waals surface area contributed by atoms with Crippen molar-refractivity contribution in [3.63, 3.8) is 0 Å². The predicted octanol–water partition coefficient (Wildman–Crippen LogP) is 5.02. The van der Waals surface area contributed by atoms with Gasteiger partial charge < -0.3 is 14.8 Å². The molecule has 1 unspecified atom stereocenters. The summed E-state index contributed by atoms with van der Waals surface area (Å²) in [5, 5.41) is 3.52. The molecule has 2 aromatic rings. The van der Waals surface area contributed by atoms with Crippen LogP contribution in [0, 0.1) is 5.92 Å². The lowest BCUT2D eigenvalue weighted by molar-refractivity contribution is 0.0931. The Morgan fingerprint density at radius 1 is 1.19 bits per heavy atom. The second-order valence-electron chi connectivity index (χ2n) is 6.86. The van der Waals surface area contributed by atoms with Crippen molar-refractivity contribution in [1.82, 2.24) is 5.32 Å². The van der Waals surface area contributed by atoms with Crippen molar-refractivity contribution in [1.29, 1.82) is 0 Å². The molecule has 0 saturated heterocycles. The smallest absolute Gasteiger partial charge is 0.251 e. The molecule has 0 heterocycles. The molecule has 0 radical (unpaired) electrons. The quantitative estimate of drug-likeness (QED) is 0.741. The first-order chi connectivity index (χ1) is 12.5. The van der Waals surface area contributed by atoms with Crippen LogP contribution in [0.25, 0.3) is 0 Å². The highest BCUT2D eigenvalue weighted by Crippen LogP contribution is 2.41. The Morgan fingerprint density at radius 2 is 1.88 bits per heavy atom. The van der Waals surface area contributed by atoms with E-state index in [1.165, 1.54) is 7.11 Å². The fourth-order valence-electron chi connectivity index (χ4n) is 2.99. The highest BCUT2D eigenvalue weighted by molar-refractivity contribution is 6.32. The first-order valence-corrected chi connectivity index (χ1v) is 9.27. The molecular weight excluding hydrogens is 350 g/mol. The van der Waals surface area contributed by atoms with Gasteiger partial charge in [0, 0.05) is 5.56 Å². The topological polar surface area (TPSA) is 47.6 Å². The molecule has 26 heavy (non-hydrogen) atoms. The molecule has 0 bridgehead atoms. The van der Waals surface area contributed by atoms with Crippen molar-refractivity contribution < 1.29 is 14.3 Å². The van der Waals surface area contributed by atoms with Crippen molar-refractivity contribution in [3.05, 3.63) is 58.6 Å². The molecule has 1 atom stereocenters. The summed E-state index contributed by atoms with van der Waals surface area (Å²) < 4.78 is 11.1. The minimum absolute atomic E-state index is 0.0139. The lowest BCUT2D eigenvalue weighted by Gasteiger charge is -2.20. The molecule has 1 aliphatic carbocycles. The number of hydrogen-bond donors (Lipinski definition) is 1. The van der Waals surface area contributed by atoms with Gasteiger partial charge in [-0.3, -0.25) is 4.79 Å². The first-order valence-electron chi connectivity index (χ1n) is 8.89. The summed E-state index contributed by atoms with van der Waals surface area (Å²) in [5.41, 5.74) is 1.59. The van der Waals surface area contributed by atoms with Gasteiger partial charge in [0.15, 0.2) is 11.5 Å². The van der Waals surface area contributed by atoms with E-state index in [-0.39, 0.29) is 18.1 Å². The van der Waals surface area contributed by atoms with Crippen molar-refractivity contribution in [2.24, 2.45) is 5.92 Å². The van der Waals surface area contributed by atoms with E-state index in [1.54, 1.807) is 12.1 Å². The van der Waals surface area contributed by atoms with Crippen molar-refractivity contribution in [2.75, 3.05) is 7.11 Å². The van der Waals surface area contributed by atoms with Gasteiger partial charge in [-0.15, -0.1) is 0 Å². The maximum atomic E-state index is 12.8. The number of benzene rings is 2. The number of carbonyl (C=O) groups excluding carboxylic acids is 1. The summed E-state index contributed by atoms with van der Waals surface area (Å²) in [5.74, 6) is 1.24. The molecule has 1 amide bonds. The van der Waals surface area contributed by atoms with Gasteiger partial charge >= 0.3 is 0 Å². The van der Waals surface area contributed by atoms with Crippen molar-refractivity contribution in [3.8, 4) is 11.5 Å². The Balaban J connectivity index is 1.84. The van der Waals surface area contributed by atoms with Crippen molar-refractivity contribution >= 4 is 17.5 Å². The number of ether oxygens (including phenoxy) is 2.